The van der Waals surface area contributed by atoms with Crippen LogP contribution < -0.4 is 14.4 Å². The molecule has 5 rings (SSSR count). The predicted molar refractivity (Wildman–Crippen MR) is 124 cm³/mol. The van der Waals surface area contributed by atoms with Crippen LogP contribution in [0.3, 0.4) is 0 Å². The summed E-state index contributed by atoms with van der Waals surface area (Å²) in [5.41, 5.74) is 1.81. The van der Waals surface area contributed by atoms with Crippen LogP contribution in [0.4, 0.5) is 5.82 Å². The molecular formula is C25H24N2O5S. The summed E-state index contributed by atoms with van der Waals surface area (Å²) in [6, 6.07) is 17.9. The minimum absolute atomic E-state index is 0.0148. The van der Waals surface area contributed by atoms with E-state index in [0.717, 1.165) is 24.0 Å². The van der Waals surface area contributed by atoms with E-state index in [4.69, 9.17) is 14.5 Å². The van der Waals surface area contributed by atoms with E-state index in [1.165, 1.54) is 6.26 Å². The number of rotatable bonds is 6. The molecule has 8 heteroatoms. The number of ether oxygens (including phenoxy) is 2. The number of pyridine rings is 1. The van der Waals surface area contributed by atoms with Gasteiger partial charge in [-0.1, -0.05) is 24.3 Å². The maximum Gasteiger partial charge on any atom is 0.238 e. The van der Waals surface area contributed by atoms with Crippen molar-refractivity contribution < 1.29 is 22.7 Å². The summed E-state index contributed by atoms with van der Waals surface area (Å²) in [7, 11) is -3.27. The normalized spacial score (nSPS) is 15.8. The predicted octanol–water partition coefficient (Wildman–Crippen LogP) is 3.97. The first-order chi connectivity index (χ1) is 15.8. The lowest BCUT2D eigenvalue weighted by Crippen LogP contribution is -2.40. The number of likely N-dealkylation sites (N-methyl/N-ethyl adjacent to an activating group) is 1. The Kier molecular flexibility index (Phi) is 5.12. The fourth-order valence-electron chi connectivity index (χ4n) is 4.22. The van der Waals surface area contributed by atoms with Crippen molar-refractivity contribution in [3.05, 3.63) is 66.2 Å². The fraction of sp³-hybridized carbons (Fsp3) is 0.280. The molecule has 1 aliphatic carbocycles. The van der Waals surface area contributed by atoms with Gasteiger partial charge in [0.1, 0.15) is 5.82 Å². The third kappa shape index (κ3) is 3.84. The molecule has 0 saturated heterocycles. The van der Waals surface area contributed by atoms with Crippen molar-refractivity contribution in [1.82, 2.24) is 4.98 Å². The molecule has 0 N–H and O–H groups in total. The Labute approximate surface area is 192 Å². The summed E-state index contributed by atoms with van der Waals surface area (Å²) in [5.74, 6) is 1.96. The average molecular weight is 465 g/mol. The van der Waals surface area contributed by atoms with E-state index in [-0.39, 0.29) is 17.6 Å². The third-order valence-electron chi connectivity index (χ3n) is 6.24. The topological polar surface area (TPSA) is 85.8 Å². The molecule has 33 heavy (non-hydrogen) atoms. The van der Waals surface area contributed by atoms with Crippen LogP contribution in [-0.4, -0.2) is 38.9 Å². The van der Waals surface area contributed by atoms with Crippen molar-refractivity contribution in [2.45, 2.75) is 30.1 Å². The van der Waals surface area contributed by atoms with E-state index in [0.29, 0.717) is 29.6 Å². The molecule has 0 bridgehead atoms. The number of amides is 1. The largest absolute Gasteiger partial charge is 0.454 e. The third-order valence-corrected chi connectivity index (χ3v) is 7.36. The van der Waals surface area contributed by atoms with Gasteiger partial charge in [-0.25, -0.2) is 13.4 Å². The number of carbonyl (C=O) groups is 1. The van der Waals surface area contributed by atoms with Crippen LogP contribution >= 0.6 is 0 Å². The van der Waals surface area contributed by atoms with Gasteiger partial charge in [0.25, 0.3) is 0 Å². The Bertz CT molecular complexity index is 1330. The van der Waals surface area contributed by atoms with E-state index < -0.39 is 15.3 Å². The Morgan fingerprint density at radius 1 is 1.03 bits per heavy atom. The molecule has 1 aromatic heterocycles. The van der Waals surface area contributed by atoms with Crippen molar-refractivity contribution in [2.24, 2.45) is 0 Å². The Morgan fingerprint density at radius 2 is 1.76 bits per heavy atom. The fourth-order valence-corrected chi connectivity index (χ4v) is 4.85. The van der Waals surface area contributed by atoms with E-state index in [9.17, 15) is 13.2 Å². The monoisotopic (exact) mass is 464 g/mol. The number of fused-ring (bicyclic) bond motifs is 1. The number of nitrogens with zero attached hydrogens (tertiary/aromatic N) is 2. The molecule has 7 nitrogen and oxygen atoms in total. The van der Waals surface area contributed by atoms with Crippen molar-refractivity contribution in [3.8, 4) is 22.8 Å². The van der Waals surface area contributed by atoms with Gasteiger partial charge in [-0.05, 0) is 61.7 Å². The molecule has 2 heterocycles. The van der Waals surface area contributed by atoms with Gasteiger partial charge >= 0.3 is 0 Å². The summed E-state index contributed by atoms with van der Waals surface area (Å²) in [6.07, 6.45) is 2.72. The van der Waals surface area contributed by atoms with Gasteiger partial charge in [-0.2, -0.15) is 0 Å². The first-order valence-electron chi connectivity index (χ1n) is 10.8. The minimum Gasteiger partial charge on any atom is -0.454 e. The summed E-state index contributed by atoms with van der Waals surface area (Å²) in [4.78, 5) is 20.4. The first-order valence-corrected chi connectivity index (χ1v) is 12.7. The number of benzene rings is 2. The number of hydrogen-bond acceptors (Lipinski definition) is 6. The zero-order chi connectivity index (χ0) is 23.2. The maximum atomic E-state index is 13.7. The molecule has 0 radical (unpaired) electrons. The van der Waals surface area contributed by atoms with Gasteiger partial charge in [0, 0.05) is 18.4 Å². The lowest BCUT2D eigenvalue weighted by atomic mass is 9.93. The maximum absolute atomic E-state index is 13.7. The molecule has 0 unspecified atom stereocenters. The van der Waals surface area contributed by atoms with Gasteiger partial charge in [0.15, 0.2) is 21.3 Å². The molecule has 2 aromatic carbocycles. The van der Waals surface area contributed by atoms with Crippen LogP contribution in [0.2, 0.25) is 0 Å². The first kappa shape index (κ1) is 21.5. The van der Waals surface area contributed by atoms with Gasteiger partial charge < -0.3 is 9.47 Å². The van der Waals surface area contributed by atoms with E-state index in [1.807, 2.05) is 43.3 Å². The molecule has 0 atom stereocenters. The van der Waals surface area contributed by atoms with Crippen LogP contribution in [0.1, 0.15) is 25.3 Å². The van der Waals surface area contributed by atoms with Gasteiger partial charge in [0.05, 0.1) is 16.0 Å². The number of aromatic nitrogens is 1. The smallest absolute Gasteiger partial charge is 0.238 e. The second-order valence-electron chi connectivity index (χ2n) is 8.38. The second kappa shape index (κ2) is 7.88. The molecular weight excluding hydrogens is 440 g/mol. The number of sulfone groups is 1. The summed E-state index contributed by atoms with van der Waals surface area (Å²) >= 11 is 0. The second-order valence-corrected chi connectivity index (χ2v) is 10.4. The van der Waals surface area contributed by atoms with Crippen LogP contribution in [0, 0.1) is 0 Å². The average Bonchev–Trinajstić information content (AvgIpc) is 3.50. The highest BCUT2D eigenvalue weighted by molar-refractivity contribution is 7.90. The highest BCUT2D eigenvalue weighted by atomic mass is 32.2. The van der Waals surface area contributed by atoms with Crippen LogP contribution in [0.5, 0.6) is 11.5 Å². The van der Waals surface area contributed by atoms with Gasteiger partial charge in [-0.3, -0.25) is 9.69 Å². The summed E-state index contributed by atoms with van der Waals surface area (Å²) < 4.78 is 34.4. The van der Waals surface area contributed by atoms with Crippen molar-refractivity contribution in [3.63, 3.8) is 0 Å². The Hall–Kier alpha value is -3.39. The highest BCUT2D eigenvalue weighted by Crippen LogP contribution is 2.52. The molecule has 2 aliphatic rings. The number of carbonyl (C=O) groups excluding carboxylic acids is 1. The van der Waals surface area contributed by atoms with E-state index in [2.05, 4.69) is 0 Å². The molecule has 1 aliphatic heterocycles. The van der Waals surface area contributed by atoms with Gasteiger partial charge in [-0.15, -0.1) is 0 Å². The Morgan fingerprint density at radius 3 is 2.42 bits per heavy atom. The van der Waals surface area contributed by atoms with Crippen LogP contribution in [-0.2, 0) is 20.0 Å². The van der Waals surface area contributed by atoms with Gasteiger partial charge in [0.2, 0.25) is 12.7 Å². The quantitative estimate of drug-likeness (QED) is 0.549. The molecule has 170 valence electrons. The molecule has 1 fully saturated rings. The number of hydrogen-bond donors (Lipinski definition) is 0. The van der Waals surface area contributed by atoms with E-state index in [1.54, 1.807) is 29.2 Å². The zero-order valence-corrected chi connectivity index (χ0v) is 19.3. The lowest BCUT2D eigenvalue weighted by Gasteiger charge is -2.26. The lowest BCUT2D eigenvalue weighted by molar-refractivity contribution is -0.121. The zero-order valence-electron chi connectivity index (χ0n) is 18.4. The molecule has 3 aromatic rings. The molecule has 0 spiro atoms. The molecule has 1 amide bonds. The summed E-state index contributed by atoms with van der Waals surface area (Å²) in [5, 5.41) is 0. The van der Waals surface area contributed by atoms with Crippen LogP contribution in [0.25, 0.3) is 11.3 Å². The van der Waals surface area contributed by atoms with Crippen molar-refractivity contribution in [2.75, 3.05) is 24.5 Å². The standard InChI is InChI=1S/C25H24N2O5S/c1-3-27(24(28)25(13-14-25)18-9-12-21-22(15-18)32-16-31-21)23-6-4-5-20(26-23)17-7-10-19(11-8-17)33(2,29)30/h4-12,15H,3,13-14,16H2,1-2H3. The summed E-state index contributed by atoms with van der Waals surface area (Å²) in [6.45, 7) is 2.61. The number of anilines is 1. The van der Waals surface area contributed by atoms with Crippen LogP contribution in [0.15, 0.2) is 65.6 Å². The highest BCUT2D eigenvalue weighted by Gasteiger charge is 2.53. The van der Waals surface area contributed by atoms with Crippen molar-refractivity contribution >= 4 is 21.6 Å². The molecule has 1 saturated carbocycles. The SMILES string of the molecule is CCN(C(=O)C1(c2ccc3c(c2)OCO3)CC1)c1cccc(-c2ccc(S(C)(=O)=O)cc2)n1. The van der Waals surface area contributed by atoms with E-state index >= 15 is 0 Å². The van der Waals surface area contributed by atoms with Crippen molar-refractivity contribution in [1.29, 1.82) is 0 Å². The minimum atomic E-state index is -3.27. The Balaban J connectivity index is 1.44.